The van der Waals surface area contributed by atoms with Gasteiger partial charge in [-0.25, -0.2) is 0 Å². The summed E-state index contributed by atoms with van der Waals surface area (Å²) in [6.45, 7) is 6.07. The summed E-state index contributed by atoms with van der Waals surface area (Å²) in [4.78, 5) is 0. The highest BCUT2D eigenvalue weighted by molar-refractivity contribution is 5.97. The van der Waals surface area contributed by atoms with Crippen LogP contribution in [0.4, 0.5) is 11.4 Å². The molecule has 0 unspecified atom stereocenters. The Morgan fingerprint density at radius 3 is 2.12 bits per heavy atom. The summed E-state index contributed by atoms with van der Waals surface area (Å²) in [6, 6.07) is 13.4. The van der Waals surface area contributed by atoms with Crippen LogP contribution in [0.1, 0.15) is 16.7 Å². The highest BCUT2D eigenvalue weighted by Crippen LogP contribution is 2.41. The number of aromatic hydroxyl groups is 1. The minimum Gasteiger partial charge on any atom is -0.505 e. The van der Waals surface area contributed by atoms with Crippen LogP contribution < -0.4 is 4.74 Å². The Balaban J connectivity index is 2.12. The van der Waals surface area contributed by atoms with Crippen LogP contribution in [-0.2, 0) is 0 Å². The fraction of sp³-hybridized carbons (Fsp3) is 0.200. The molecule has 0 saturated heterocycles. The van der Waals surface area contributed by atoms with Crippen LogP contribution >= 0.6 is 0 Å². The minimum absolute atomic E-state index is 0.109. The van der Waals surface area contributed by atoms with Crippen molar-refractivity contribution in [3.63, 3.8) is 0 Å². The van der Waals surface area contributed by atoms with Crippen molar-refractivity contribution in [3.05, 3.63) is 59.2 Å². The van der Waals surface area contributed by atoms with Crippen LogP contribution in [-0.4, -0.2) is 12.2 Å². The molecule has 4 nitrogen and oxygen atoms in total. The molecule has 0 atom stereocenters. The molecule has 4 heteroatoms. The zero-order chi connectivity index (χ0) is 17.3. The molecule has 1 N–H and O–H groups in total. The quantitative estimate of drug-likeness (QED) is 0.611. The van der Waals surface area contributed by atoms with Crippen molar-refractivity contribution in [1.82, 2.24) is 0 Å². The van der Waals surface area contributed by atoms with Gasteiger partial charge in [-0.3, -0.25) is 0 Å². The Labute approximate surface area is 141 Å². The standard InChI is InChI=1S/C20H20N2O2/c1-12-9-13(2)19(14(3)10-12)22-21-17-11-18(24-4)15-7-5-6-8-16(15)20(17)23/h5-11,23H,1-4H3. The first-order valence-electron chi connectivity index (χ1n) is 7.79. The molecule has 0 heterocycles. The van der Waals surface area contributed by atoms with Gasteiger partial charge >= 0.3 is 0 Å². The lowest BCUT2D eigenvalue weighted by Crippen LogP contribution is -1.86. The third-order valence-corrected chi connectivity index (χ3v) is 4.07. The van der Waals surface area contributed by atoms with E-state index in [1.807, 2.05) is 38.1 Å². The summed E-state index contributed by atoms with van der Waals surface area (Å²) < 4.78 is 5.43. The molecule has 0 bridgehead atoms. The average Bonchev–Trinajstić information content (AvgIpc) is 2.56. The zero-order valence-electron chi connectivity index (χ0n) is 14.3. The van der Waals surface area contributed by atoms with Crippen molar-refractivity contribution in [2.45, 2.75) is 20.8 Å². The van der Waals surface area contributed by atoms with Crippen LogP contribution in [0.25, 0.3) is 10.8 Å². The monoisotopic (exact) mass is 320 g/mol. The van der Waals surface area contributed by atoms with E-state index in [2.05, 4.69) is 29.3 Å². The SMILES string of the molecule is COc1cc(N=Nc2c(C)cc(C)cc2C)c(O)c2ccccc12. The molecule has 3 aromatic rings. The number of azo groups is 1. The van der Waals surface area contributed by atoms with Crippen molar-refractivity contribution in [2.24, 2.45) is 10.2 Å². The Morgan fingerprint density at radius 1 is 0.875 bits per heavy atom. The van der Waals surface area contributed by atoms with E-state index in [4.69, 9.17) is 4.74 Å². The van der Waals surface area contributed by atoms with Gasteiger partial charge in [-0.15, -0.1) is 10.2 Å². The second kappa shape index (κ2) is 6.32. The van der Waals surface area contributed by atoms with E-state index < -0.39 is 0 Å². The maximum atomic E-state index is 10.5. The molecule has 3 aromatic carbocycles. The van der Waals surface area contributed by atoms with E-state index in [1.54, 1.807) is 13.2 Å². The third-order valence-electron chi connectivity index (χ3n) is 4.07. The number of hydrogen-bond acceptors (Lipinski definition) is 4. The molecule has 0 radical (unpaired) electrons. The molecule has 0 spiro atoms. The lowest BCUT2D eigenvalue weighted by Gasteiger charge is -2.09. The highest BCUT2D eigenvalue weighted by Gasteiger charge is 2.12. The summed E-state index contributed by atoms with van der Waals surface area (Å²) in [6.07, 6.45) is 0. The summed E-state index contributed by atoms with van der Waals surface area (Å²) in [5.74, 6) is 0.771. The molecule has 3 rings (SSSR count). The van der Waals surface area contributed by atoms with Gasteiger partial charge in [0.1, 0.15) is 11.4 Å². The molecule has 0 aromatic heterocycles. The molecule has 24 heavy (non-hydrogen) atoms. The lowest BCUT2D eigenvalue weighted by molar-refractivity contribution is 0.418. The molecular weight excluding hydrogens is 300 g/mol. The molecule has 0 aliphatic carbocycles. The highest BCUT2D eigenvalue weighted by atomic mass is 16.5. The summed E-state index contributed by atoms with van der Waals surface area (Å²) >= 11 is 0. The second-order valence-corrected chi connectivity index (χ2v) is 5.94. The summed E-state index contributed by atoms with van der Waals surface area (Å²) in [5, 5.41) is 20.7. The normalized spacial score (nSPS) is 11.3. The predicted octanol–water partition coefficient (Wildman–Crippen LogP) is 5.89. The fourth-order valence-corrected chi connectivity index (χ4v) is 2.99. The average molecular weight is 320 g/mol. The van der Waals surface area contributed by atoms with E-state index in [1.165, 1.54) is 5.56 Å². The van der Waals surface area contributed by atoms with Gasteiger partial charge in [0.05, 0.1) is 12.8 Å². The number of aryl methyl sites for hydroxylation is 3. The smallest absolute Gasteiger partial charge is 0.151 e. The van der Waals surface area contributed by atoms with E-state index >= 15 is 0 Å². The molecule has 0 aliphatic rings. The number of methoxy groups -OCH3 is 1. The van der Waals surface area contributed by atoms with Gasteiger partial charge in [0.2, 0.25) is 0 Å². The van der Waals surface area contributed by atoms with Crippen molar-refractivity contribution < 1.29 is 9.84 Å². The minimum atomic E-state index is 0.109. The molecule has 122 valence electrons. The van der Waals surface area contributed by atoms with Gasteiger partial charge in [0.25, 0.3) is 0 Å². The molecule has 0 fully saturated rings. The van der Waals surface area contributed by atoms with Crippen LogP contribution in [0, 0.1) is 20.8 Å². The maximum absolute atomic E-state index is 10.5. The fourth-order valence-electron chi connectivity index (χ4n) is 2.99. The van der Waals surface area contributed by atoms with Crippen molar-refractivity contribution >= 4 is 22.1 Å². The predicted molar refractivity (Wildman–Crippen MR) is 97.0 cm³/mol. The van der Waals surface area contributed by atoms with E-state index in [9.17, 15) is 5.11 Å². The first-order valence-corrected chi connectivity index (χ1v) is 7.79. The van der Waals surface area contributed by atoms with Gasteiger partial charge in [0.15, 0.2) is 5.75 Å². The van der Waals surface area contributed by atoms with Crippen LogP contribution in [0.15, 0.2) is 52.7 Å². The summed E-state index contributed by atoms with van der Waals surface area (Å²) in [5.41, 5.74) is 4.53. The number of rotatable bonds is 3. The van der Waals surface area contributed by atoms with E-state index in [0.717, 1.165) is 22.2 Å². The van der Waals surface area contributed by atoms with Crippen molar-refractivity contribution in [1.29, 1.82) is 0 Å². The number of benzene rings is 3. The molecule has 0 aliphatic heterocycles. The Bertz CT molecular complexity index is 923. The largest absolute Gasteiger partial charge is 0.505 e. The first-order chi connectivity index (χ1) is 11.5. The number of ether oxygens (including phenoxy) is 1. The van der Waals surface area contributed by atoms with Gasteiger partial charge in [-0.05, 0) is 31.9 Å². The number of phenols is 1. The van der Waals surface area contributed by atoms with Gasteiger partial charge in [-0.1, -0.05) is 42.0 Å². The van der Waals surface area contributed by atoms with Gasteiger partial charge in [0, 0.05) is 16.8 Å². The number of fused-ring (bicyclic) bond motifs is 1. The number of hydrogen-bond donors (Lipinski definition) is 1. The maximum Gasteiger partial charge on any atom is 0.151 e. The van der Waals surface area contributed by atoms with Gasteiger partial charge < -0.3 is 9.84 Å². The zero-order valence-corrected chi connectivity index (χ0v) is 14.3. The van der Waals surface area contributed by atoms with Crippen molar-refractivity contribution in [3.8, 4) is 11.5 Å². The molecular formula is C20H20N2O2. The van der Waals surface area contributed by atoms with Crippen molar-refractivity contribution in [2.75, 3.05) is 7.11 Å². The number of nitrogens with zero attached hydrogens (tertiary/aromatic N) is 2. The first kappa shape index (κ1) is 16.0. The van der Waals surface area contributed by atoms with E-state index in [-0.39, 0.29) is 5.75 Å². The second-order valence-electron chi connectivity index (χ2n) is 5.94. The lowest BCUT2D eigenvalue weighted by atomic mass is 10.1. The molecule has 0 saturated carbocycles. The Kier molecular flexibility index (Phi) is 4.21. The van der Waals surface area contributed by atoms with Crippen LogP contribution in [0.2, 0.25) is 0 Å². The van der Waals surface area contributed by atoms with Crippen LogP contribution in [0.5, 0.6) is 11.5 Å². The van der Waals surface area contributed by atoms with E-state index in [0.29, 0.717) is 16.8 Å². The molecule has 0 amide bonds. The van der Waals surface area contributed by atoms with Gasteiger partial charge in [-0.2, -0.15) is 0 Å². The van der Waals surface area contributed by atoms with Crippen LogP contribution in [0.3, 0.4) is 0 Å². The third kappa shape index (κ3) is 2.83. The Morgan fingerprint density at radius 2 is 1.50 bits per heavy atom. The topological polar surface area (TPSA) is 54.2 Å². The Hall–Kier alpha value is -2.88. The summed E-state index contributed by atoms with van der Waals surface area (Å²) in [7, 11) is 1.61. The number of phenolic OH excluding ortho intramolecular Hbond substituents is 1.